The van der Waals surface area contributed by atoms with Crippen LogP contribution in [0.5, 0.6) is 0 Å². The van der Waals surface area contributed by atoms with Crippen LogP contribution < -0.4 is 0 Å². The van der Waals surface area contributed by atoms with Gasteiger partial charge in [-0.25, -0.2) is 4.79 Å². The highest BCUT2D eigenvalue weighted by Gasteiger charge is 2.29. The number of rotatable bonds is 11. The average molecular weight is 452 g/mol. The molecule has 1 N–H and O–H groups in total. The third-order valence-corrected chi connectivity index (χ3v) is 6.38. The van der Waals surface area contributed by atoms with Gasteiger partial charge in [0.25, 0.3) is 0 Å². The second-order valence-corrected chi connectivity index (χ2v) is 8.81. The molecule has 0 aliphatic carbocycles. The van der Waals surface area contributed by atoms with Crippen molar-refractivity contribution in [3.63, 3.8) is 0 Å². The van der Waals surface area contributed by atoms with Gasteiger partial charge in [-0.1, -0.05) is 73.5 Å². The van der Waals surface area contributed by atoms with Crippen LogP contribution >= 0.6 is 0 Å². The van der Waals surface area contributed by atoms with Gasteiger partial charge in [0, 0.05) is 46.2 Å². The molecule has 178 valence electrons. The van der Waals surface area contributed by atoms with E-state index in [0.717, 1.165) is 58.4 Å². The Morgan fingerprint density at radius 2 is 1.39 bits per heavy atom. The number of nitrogens with zero attached hydrogens (tertiary/aromatic N) is 3. The van der Waals surface area contributed by atoms with Gasteiger partial charge in [0.15, 0.2) is 5.78 Å². The molecule has 1 fully saturated rings. The van der Waals surface area contributed by atoms with E-state index in [0.29, 0.717) is 6.42 Å². The van der Waals surface area contributed by atoms with E-state index in [1.807, 2.05) is 29.0 Å². The Hall–Kier alpha value is -2.70. The van der Waals surface area contributed by atoms with Crippen LogP contribution in [0.1, 0.15) is 49.3 Å². The number of hydrogen-bond acceptors (Lipinski definition) is 4. The molecule has 0 unspecified atom stereocenters. The first-order valence-electron chi connectivity index (χ1n) is 12.1. The van der Waals surface area contributed by atoms with Gasteiger partial charge in [0.2, 0.25) is 0 Å². The zero-order valence-electron chi connectivity index (χ0n) is 19.7. The maximum absolute atomic E-state index is 12.9. The molecule has 0 aromatic heterocycles. The molecular weight excluding hydrogens is 414 g/mol. The number of hydrogen-bond donors (Lipinski definition) is 1. The molecule has 0 atom stereocenters. The first-order valence-corrected chi connectivity index (χ1v) is 12.1. The van der Waals surface area contributed by atoms with Crippen molar-refractivity contribution in [3.8, 4) is 0 Å². The molecule has 2 aromatic carbocycles. The summed E-state index contributed by atoms with van der Waals surface area (Å²) in [5, 5.41) is 8.76. The summed E-state index contributed by atoms with van der Waals surface area (Å²) in [4.78, 5) is 30.3. The predicted octanol–water partition coefficient (Wildman–Crippen LogP) is 3.96. The van der Waals surface area contributed by atoms with Crippen molar-refractivity contribution in [2.75, 3.05) is 46.4 Å². The molecule has 6 heteroatoms. The Bertz CT molecular complexity index is 812. The van der Waals surface area contributed by atoms with E-state index in [-0.39, 0.29) is 24.5 Å². The summed E-state index contributed by atoms with van der Waals surface area (Å²) in [5.74, 6) is -0.0943. The molecule has 1 heterocycles. The topological polar surface area (TPSA) is 64.1 Å². The minimum absolute atomic E-state index is 0.0943. The first-order chi connectivity index (χ1) is 16.1. The van der Waals surface area contributed by atoms with Gasteiger partial charge in [-0.3, -0.25) is 9.69 Å². The number of carbonyl (C=O) groups is 2. The number of unbranched alkanes of at least 4 members (excludes halogenated alkanes) is 3. The fraction of sp³-hybridized carbons (Fsp3) is 0.481. The smallest absolute Gasteiger partial charge is 0.319 e. The number of benzene rings is 2. The molecule has 2 aromatic rings. The first kappa shape index (κ1) is 24.9. The predicted molar refractivity (Wildman–Crippen MR) is 131 cm³/mol. The molecule has 0 radical (unpaired) electrons. The number of ketones is 1. The molecule has 2 amide bonds. The van der Waals surface area contributed by atoms with Crippen LogP contribution in [-0.2, 0) is 4.79 Å². The molecule has 33 heavy (non-hydrogen) atoms. The van der Waals surface area contributed by atoms with Crippen LogP contribution in [0, 0.1) is 0 Å². The molecule has 1 aliphatic rings. The van der Waals surface area contributed by atoms with Crippen molar-refractivity contribution < 1.29 is 14.7 Å². The summed E-state index contributed by atoms with van der Waals surface area (Å²) >= 11 is 0. The van der Waals surface area contributed by atoms with Gasteiger partial charge in [-0.2, -0.15) is 0 Å². The summed E-state index contributed by atoms with van der Waals surface area (Å²) in [6, 6.07) is 21.5. The number of carbonyl (C=O) groups excluding carboxylic acids is 2. The summed E-state index contributed by atoms with van der Waals surface area (Å²) in [7, 11) is 1.88. The lowest BCUT2D eigenvalue weighted by Crippen LogP contribution is -2.53. The third kappa shape index (κ3) is 7.41. The standard InChI is InChI=1S/C27H37N3O3/c1-28(17-11-3-2-10-16-25(32)22-31)27(33)30-20-18-29(19-21-30)26(23-12-6-4-7-13-23)24-14-8-5-9-15-24/h4-9,12-15,26,31H,2-3,10-11,16-22H2,1H3. The summed E-state index contributed by atoms with van der Waals surface area (Å²) in [5.41, 5.74) is 2.56. The van der Waals surface area contributed by atoms with Crippen molar-refractivity contribution in [1.29, 1.82) is 0 Å². The molecule has 1 saturated heterocycles. The van der Waals surface area contributed by atoms with Crippen LogP contribution in [0.4, 0.5) is 4.79 Å². The average Bonchev–Trinajstić information content (AvgIpc) is 2.87. The quantitative estimate of drug-likeness (QED) is 0.526. The minimum Gasteiger partial charge on any atom is -0.389 e. The van der Waals surface area contributed by atoms with Gasteiger partial charge < -0.3 is 14.9 Å². The molecule has 0 spiro atoms. The highest BCUT2D eigenvalue weighted by atomic mass is 16.3. The van der Waals surface area contributed by atoms with Gasteiger partial charge in [-0.15, -0.1) is 0 Å². The summed E-state index contributed by atoms with van der Waals surface area (Å²) in [6.07, 6.45) is 4.12. The van der Waals surface area contributed by atoms with E-state index in [1.54, 1.807) is 0 Å². The van der Waals surface area contributed by atoms with E-state index in [1.165, 1.54) is 11.1 Å². The van der Waals surface area contributed by atoms with Crippen LogP contribution in [0.15, 0.2) is 60.7 Å². The Balaban J connectivity index is 1.47. The highest BCUT2D eigenvalue weighted by Crippen LogP contribution is 2.29. The second kappa shape index (κ2) is 13.1. The molecule has 1 aliphatic heterocycles. The van der Waals surface area contributed by atoms with Crippen LogP contribution in [0.25, 0.3) is 0 Å². The fourth-order valence-electron chi connectivity index (χ4n) is 4.50. The Kier molecular flexibility index (Phi) is 9.91. The van der Waals surface area contributed by atoms with Crippen molar-refractivity contribution in [1.82, 2.24) is 14.7 Å². The van der Waals surface area contributed by atoms with Gasteiger partial charge in [-0.05, 0) is 24.0 Å². The monoisotopic (exact) mass is 451 g/mol. The van der Waals surface area contributed by atoms with Crippen LogP contribution in [-0.4, -0.2) is 78.0 Å². The van der Waals surface area contributed by atoms with E-state index in [9.17, 15) is 9.59 Å². The highest BCUT2D eigenvalue weighted by molar-refractivity contribution is 5.79. The van der Waals surface area contributed by atoms with Gasteiger partial charge in [0.1, 0.15) is 6.61 Å². The Morgan fingerprint density at radius 1 is 0.848 bits per heavy atom. The number of Topliss-reactive ketones (excluding diaryl/α,β-unsaturated/α-hetero) is 1. The maximum Gasteiger partial charge on any atom is 0.319 e. The maximum atomic E-state index is 12.9. The number of amides is 2. The lowest BCUT2D eigenvalue weighted by Gasteiger charge is -2.40. The van der Waals surface area contributed by atoms with E-state index < -0.39 is 0 Å². The van der Waals surface area contributed by atoms with Crippen molar-refractivity contribution in [3.05, 3.63) is 71.8 Å². The lowest BCUT2D eigenvalue weighted by atomic mass is 9.96. The van der Waals surface area contributed by atoms with Crippen molar-refractivity contribution in [2.45, 2.75) is 38.1 Å². The van der Waals surface area contributed by atoms with E-state index in [2.05, 4.69) is 53.4 Å². The normalized spacial score (nSPS) is 14.5. The summed E-state index contributed by atoms with van der Waals surface area (Å²) in [6.45, 7) is 3.50. The fourth-order valence-corrected chi connectivity index (χ4v) is 4.50. The van der Waals surface area contributed by atoms with Crippen LogP contribution in [0.3, 0.4) is 0 Å². The summed E-state index contributed by atoms with van der Waals surface area (Å²) < 4.78 is 0. The number of piperazine rings is 1. The Labute approximate surface area is 197 Å². The zero-order valence-corrected chi connectivity index (χ0v) is 19.7. The van der Waals surface area contributed by atoms with E-state index >= 15 is 0 Å². The van der Waals surface area contributed by atoms with Crippen molar-refractivity contribution in [2.24, 2.45) is 0 Å². The third-order valence-electron chi connectivity index (χ3n) is 6.38. The molecule has 6 nitrogen and oxygen atoms in total. The number of aliphatic hydroxyl groups is 1. The van der Waals surface area contributed by atoms with Gasteiger partial charge in [0.05, 0.1) is 6.04 Å². The molecule has 0 saturated carbocycles. The second-order valence-electron chi connectivity index (χ2n) is 8.81. The van der Waals surface area contributed by atoms with E-state index in [4.69, 9.17) is 5.11 Å². The van der Waals surface area contributed by atoms with Crippen molar-refractivity contribution >= 4 is 11.8 Å². The van der Waals surface area contributed by atoms with Crippen LogP contribution in [0.2, 0.25) is 0 Å². The minimum atomic E-state index is -0.359. The lowest BCUT2D eigenvalue weighted by molar-refractivity contribution is -0.121. The molecule has 3 rings (SSSR count). The zero-order chi connectivity index (χ0) is 23.5. The Morgan fingerprint density at radius 3 is 1.94 bits per heavy atom. The SMILES string of the molecule is CN(CCCCCCC(=O)CO)C(=O)N1CCN(C(c2ccccc2)c2ccccc2)CC1. The number of urea groups is 1. The largest absolute Gasteiger partial charge is 0.389 e. The molecule has 0 bridgehead atoms. The number of aliphatic hydroxyl groups excluding tert-OH is 1. The van der Waals surface area contributed by atoms with Gasteiger partial charge >= 0.3 is 6.03 Å². The molecular formula is C27H37N3O3.